The van der Waals surface area contributed by atoms with E-state index in [9.17, 15) is 0 Å². The van der Waals surface area contributed by atoms with Gasteiger partial charge in [-0.3, -0.25) is 0 Å². The summed E-state index contributed by atoms with van der Waals surface area (Å²) in [5.41, 5.74) is 2.29. The lowest BCUT2D eigenvalue weighted by molar-refractivity contribution is 0.0698. The number of halogens is 1. The minimum absolute atomic E-state index is 0. The van der Waals surface area contributed by atoms with E-state index >= 15 is 0 Å². The summed E-state index contributed by atoms with van der Waals surface area (Å²) >= 11 is 0. The third-order valence-electron chi connectivity index (χ3n) is 4.07. The third kappa shape index (κ3) is 11.7. The van der Waals surface area contributed by atoms with Crippen LogP contribution in [0.4, 0.5) is 0 Å². The van der Waals surface area contributed by atoms with Crippen LogP contribution in [0.5, 0.6) is 5.75 Å². The molecule has 0 saturated carbocycles. The molecule has 1 atom stereocenters. The minimum atomic E-state index is 0. The van der Waals surface area contributed by atoms with Gasteiger partial charge in [-0.2, -0.15) is 0 Å². The molecule has 1 aromatic carbocycles. The van der Waals surface area contributed by atoms with Gasteiger partial charge in [0.05, 0.1) is 25.9 Å². The maximum atomic E-state index is 6.08. The number of aliphatic imine (C=N–C) groups is 1. The predicted molar refractivity (Wildman–Crippen MR) is 127 cm³/mol. The summed E-state index contributed by atoms with van der Waals surface area (Å²) in [4.78, 5) is 4.71. The average Bonchev–Trinajstić information content (AvgIpc) is 2.66. The van der Waals surface area contributed by atoms with Gasteiger partial charge in [0.15, 0.2) is 5.96 Å². The first kappa shape index (κ1) is 26.9. The Hall–Kier alpha value is -1.06. The molecule has 0 fully saturated rings. The fourth-order valence-corrected chi connectivity index (χ4v) is 2.33. The Morgan fingerprint density at radius 1 is 1.14 bits per heavy atom. The van der Waals surface area contributed by atoms with Crippen molar-refractivity contribution < 1.29 is 14.2 Å². The van der Waals surface area contributed by atoms with Gasteiger partial charge in [0.25, 0.3) is 0 Å². The lowest BCUT2D eigenvalue weighted by Crippen LogP contribution is -2.38. The van der Waals surface area contributed by atoms with Gasteiger partial charge in [0.2, 0.25) is 0 Å². The van der Waals surface area contributed by atoms with Gasteiger partial charge in [0, 0.05) is 32.4 Å². The van der Waals surface area contributed by atoms with E-state index in [4.69, 9.17) is 19.2 Å². The smallest absolute Gasteiger partial charge is 0.191 e. The van der Waals surface area contributed by atoms with E-state index < -0.39 is 0 Å². The van der Waals surface area contributed by atoms with Gasteiger partial charge in [0.1, 0.15) is 5.75 Å². The first-order valence-electron chi connectivity index (χ1n) is 9.95. The van der Waals surface area contributed by atoms with Crippen LogP contribution in [0.1, 0.15) is 44.7 Å². The van der Waals surface area contributed by atoms with Crippen LogP contribution >= 0.6 is 24.0 Å². The van der Waals surface area contributed by atoms with Crippen LogP contribution in [-0.4, -0.2) is 52.1 Å². The highest BCUT2D eigenvalue weighted by atomic mass is 127. The molecule has 1 rings (SSSR count). The molecular weight excluding hydrogens is 469 g/mol. The van der Waals surface area contributed by atoms with Crippen molar-refractivity contribution in [3.05, 3.63) is 29.3 Å². The van der Waals surface area contributed by atoms with Crippen molar-refractivity contribution in [2.75, 3.05) is 40.0 Å². The summed E-state index contributed by atoms with van der Waals surface area (Å²) in [5, 5.41) is 6.64. The number of methoxy groups -OCH3 is 1. The Balaban J connectivity index is 0.00000729. The van der Waals surface area contributed by atoms with Crippen LogP contribution in [0.3, 0.4) is 0 Å². The van der Waals surface area contributed by atoms with E-state index in [0.717, 1.165) is 43.2 Å². The summed E-state index contributed by atoms with van der Waals surface area (Å²) in [6.07, 6.45) is 2.09. The highest BCUT2D eigenvalue weighted by Gasteiger charge is 2.08. The Labute approximate surface area is 187 Å². The molecule has 0 bridgehead atoms. The Kier molecular flexibility index (Phi) is 16.2. The van der Waals surface area contributed by atoms with Crippen molar-refractivity contribution in [1.29, 1.82) is 0 Å². The molecule has 1 aromatic rings. The molecule has 1 unspecified atom stereocenters. The second-order valence-electron chi connectivity index (χ2n) is 6.53. The molecule has 0 radical (unpaired) electrons. The molecule has 0 aliphatic carbocycles. The van der Waals surface area contributed by atoms with Crippen molar-refractivity contribution in [3.8, 4) is 5.75 Å². The molecule has 28 heavy (non-hydrogen) atoms. The summed E-state index contributed by atoms with van der Waals surface area (Å²) in [7, 11) is 1.68. The number of aryl methyl sites for hydroxylation is 1. The maximum Gasteiger partial charge on any atom is 0.191 e. The van der Waals surface area contributed by atoms with Gasteiger partial charge in [-0.05, 0) is 45.2 Å². The zero-order chi connectivity index (χ0) is 19.9. The van der Waals surface area contributed by atoms with E-state index in [1.54, 1.807) is 7.11 Å². The van der Waals surface area contributed by atoms with Gasteiger partial charge >= 0.3 is 0 Å². The van der Waals surface area contributed by atoms with Crippen molar-refractivity contribution in [2.45, 2.75) is 53.2 Å². The van der Waals surface area contributed by atoms with Crippen LogP contribution in [-0.2, 0) is 16.0 Å². The van der Waals surface area contributed by atoms with E-state index in [-0.39, 0.29) is 30.1 Å². The molecule has 0 aliphatic heterocycles. The zero-order valence-electron chi connectivity index (χ0n) is 18.0. The molecule has 0 heterocycles. The largest absolute Gasteiger partial charge is 0.490 e. The predicted octanol–water partition coefficient (Wildman–Crippen LogP) is 3.90. The molecule has 0 aliphatic rings. The summed E-state index contributed by atoms with van der Waals surface area (Å²) < 4.78 is 16.5. The minimum Gasteiger partial charge on any atom is -0.490 e. The topological polar surface area (TPSA) is 64.1 Å². The van der Waals surface area contributed by atoms with E-state index in [1.165, 1.54) is 5.56 Å². The van der Waals surface area contributed by atoms with E-state index in [2.05, 4.69) is 56.5 Å². The van der Waals surface area contributed by atoms with Gasteiger partial charge in [-0.15, -0.1) is 24.0 Å². The van der Waals surface area contributed by atoms with Crippen molar-refractivity contribution >= 4 is 29.9 Å². The molecule has 0 saturated heterocycles. The SMILES string of the molecule is CCNC(=NCc1ccc(C)cc1OC(C)CC)NCCCOCCOC.I. The zero-order valence-corrected chi connectivity index (χ0v) is 20.4. The number of ether oxygens (including phenoxy) is 3. The number of hydrogen-bond acceptors (Lipinski definition) is 4. The Morgan fingerprint density at radius 3 is 2.61 bits per heavy atom. The van der Waals surface area contributed by atoms with Crippen LogP contribution in [0.15, 0.2) is 23.2 Å². The normalized spacial score (nSPS) is 12.2. The first-order valence-corrected chi connectivity index (χ1v) is 9.95. The second kappa shape index (κ2) is 16.9. The Morgan fingerprint density at radius 2 is 1.93 bits per heavy atom. The fourth-order valence-electron chi connectivity index (χ4n) is 2.33. The number of rotatable bonds is 13. The number of benzene rings is 1. The van der Waals surface area contributed by atoms with Gasteiger partial charge in [-0.25, -0.2) is 4.99 Å². The third-order valence-corrected chi connectivity index (χ3v) is 4.07. The average molecular weight is 507 g/mol. The van der Waals surface area contributed by atoms with Crippen molar-refractivity contribution in [2.24, 2.45) is 4.99 Å². The summed E-state index contributed by atoms with van der Waals surface area (Å²) in [6.45, 7) is 12.5. The Bertz CT molecular complexity index is 556. The van der Waals surface area contributed by atoms with E-state index in [1.807, 2.05) is 0 Å². The van der Waals surface area contributed by atoms with Crippen molar-refractivity contribution in [3.63, 3.8) is 0 Å². The lowest BCUT2D eigenvalue weighted by atomic mass is 10.1. The molecule has 0 spiro atoms. The first-order chi connectivity index (χ1) is 13.1. The molecule has 162 valence electrons. The monoisotopic (exact) mass is 507 g/mol. The molecule has 2 N–H and O–H groups in total. The van der Waals surface area contributed by atoms with Crippen LogP contribution in [0.25, 0.3) is 0 Å². The summed E-state index contributed by atoms with van der Waals surface area (Å²) in [5.74, 6) is 1.74. The van der Waals surface area contributed by atoms with Gasteiger partial charge in [-0.1, -0.05) is 19.1 Å². The molecule has 0 aromatic heterocycles. The summed E-state index contributed by atoms with van der Waals surface area (Å²) in [6, 6.07) is 6.30. The van der Waals surface area contributed by atoms with E-state index in [0.29, 0.717) is 26.4 Å². The number of hydrogen-bond donors (Lipinski definition) is 2. The molecule has 0 amide bonds. The van der Waals surface area contributed by atoms with Crippen LogP contribution < -0.4 is 15.4 Å². The molecule has 7 heteroatoms. The fraction of sp³-hybridized carbons (Fsp3) is 0.667. The number of nitrogens with one attached hydrogen (secondary N) is 2. The van der Waals surface area contributed by atoms with Crippen LogP contribution in [0.2, 0.25) is 0 Å². The molecular formula is C21H38IN3O3. The lowest BCUT2D eigenvalue weighted by Gasteiger charge is -2.17. The highest BCUT2D eigenvalue weighted by molar-refractivity contribution is 14.0. The molecule has 6 nitrogen and oxygen atoms in total. The number of guanidine groups is 1. The van der Waals surface area contributed by atoms with Crippen LogP contribution in [0, 0.1) is 6.92 Å². The van der Waals surface area contributed by atoms with Crippen molar-refractivity contribution in [1.82, 2.24) is 10.6 Å². The number of nitrogens with zero attached hydrogens (tertiary/aromatic N) is 1. The van der Waals surface area contributed by atoms with Gasteiger partial charge < -0.3 is 24.8 Å². The highest BCUT2D eigenvalue weighted by Crippen LogP contribution is 2.23. The maximum absolute atomic E-state index is 6.08. The quantitative estimate of drug-likeness (QED) is 0.184. The standard InChI is InChI=1S/C21H37N3O3.HI/c1-6-18(4)27-20-15-17(3)9-10-19(20)16-24-21(22-7-2)23-11-8-12-26-14-13-25-5;/h9-10,15,18H,6-8,11-14,16H2,1-5H3,(H2,22,23,24);1H. The second-order valence-corrected chi connectivity index (χ2v) is 6.53.